The van der Waals surface area contributed by atoms with Gasteiger partial charge in [0.1, 0.15) is 5.69 Å². The Morgan fingerprint density at radius 2 is 1.68 bits per heavy atom. The number of benzene rings is 1. The van der Waals surface area contributed by atoms with Gasteiger partial charge in [0.2, 0.25) is 0 Å². The van der Waals surface area contributed by atoms with Gasteiger partial charge >= 0.3 is 0 Å². The molecule has 7 heteroatoms. The highest BCUT2D eigenvalue weighted by atomic mass is 16.2. The molecule has 1 aromatic heterocycles. The first-order valence-electron chi connectivity index (χ1n) is 9.83. The predicted molar refractivity (Wildman–Crippen MR) is 106 cm³/mol. The average molecular weight is 382 g/mol. The predicted octanol–water partition coefficient (Wildman–Crippen LogP) is 1.86. The molecule has 28 heavy (non-hydrogen) atoms. The summed E-state index contributed by atoms with van der Waals surface area (Å²) in [6.07, 6.45) is 6.40. The molecule has 2 aromatic rings. The minimum absolute atomic E-state index is 0.0969. The number of nitrogens with one attached hydrogen (secondary N) is 1. The quantitative estimate of drug-likeness (QED) is 0.501. The third-order valence-electron chi connectivity index (χ3n) is 4.84. The zero-order chi connectivity index (χ0) is 19.9. The number of hydrogen-bond acceptors (Lipinski definition) is 5. The molecule has 0 radical (unpaired) electrons. The molecule has 3 rings (SSSR count). The van der Waals surface area contributed by atoms with Crippen LogP contribution >= 0.6 is 0 Å². The largest absolute Gasteiger partial charge is 0.317 e. The van der Waals surface area contributed by atoms with Gasteiger partial charge in [-0.05, 0) is 50.9 Å². The van der Waals surface area contributed by atoms with Crippen molar-refractivity contribution in [3.8, 4) is 0 Å². The molecule has 1 aromatic carbocycles. The van der Waals surface area contributed by atoms with Crippen molar-refractivity contribution in [2.24, 2.45) is 0 Å². The van der Waals surface area contributed by atoms with Gasteiger partial charge in [-0.3, -0.25) is 24.3 Å². The van der Waals surface area contributed by atoms with Crippen molar-refractivity contribution in [3.63, 3.8) is 0 Å². The number of amides is 2. The van der Waals surface area contributed by atoms with Crippen molar-refractivity contribution >= 4 is 11.8 Å². The number of nitrogens with zero attached hydrogens (tertiary/aromatic N) is 3. The molecule has 0 spiro atoms. The average Bonchev–Trinajstić information content (AvgIpc) is 2.95. The number of aromatic nitrogens is 2. The van der Waals surface area contributed by atoms with Gasteiger partial charge in [-0.15, -0.1) is 0 Å². The fourth-order valence-electron chi connectivity index (χ4n) is 3.36. The Morgan fingerprint density at radius 3 is 2.36 bits per heavy atom. The number of aryl methyl sites for hydroxylation is 2. The van der Waals surface area contributed by atoms with Crippen molar-refractivity contribution in [1.29, 1.82) is 0 Å². The maximum absolute atomic E-state index is 12.6. The summed E-state index contributed by atoms with van der Waals surface area (Å²) < 4.78 is 1.61. The number of rotatable bonds is 10. The van der Waals surface area contributed by atoms with Crippen molar-refractivity contribution in [2.75, 3.05) is 19.6 Å². The molecule has 0 saturated heterocycles. The smallest absolute Gasteiger partial charge is 0.272 e. The summed E-state index contributed by atoms with van der Waals surface area (Å²) in [5, 5.41) is 3.31. The van der Waals surface area contributed by atoms with Crippen molar-refractivity contribution in [2.45, 2.75) is 39.2 Å². The Balaban J connectivity index is 1.54. The maximum atomic E-state index is 12.6. The van der Waals surface area contributed by atoms with Crippen molar-refractivity contribution in [3.05, 3.63) is 63.8 Å². The second-order valence-electron chi connectivity index (χ2n) is 6.89. The van der Waals surface area contributed by atoms with Crippen LogP contribution in [0.15, 0.2) is 41.5 Å². The number of carbonyl (C=O) groups excluding carboxylic acids is 2. The van der Waals surface area contributed by atoms with Crippen LogP contribution in [0.2, 0.25) is 0 Å². The molecule has 0 saturated carbocycles. The van der Waals surface area contributed by atoms with E-state index in [4.69, 9.17) is 0 Å². The molecule has 0 aliphatic carbocycles. The van der Waals surface area contributed by atoms with E-state index in [1.807, 2.05) is 0 Å². The van der Waals surface area contributed by atoms with E-state index in [1.165, 1.54) is 4.90 Å². The molecular formula is C21H26N4O3. The number of carbonyl (C=O) groups is 2. The summed E-state index contributed by atoms with van der Waals surface area (Å²) in [5.74, 6) is -0.522. The zero-order valence-corrected chi connectivity index (χ0v) is 16.2. The van der Waals surface area contributed by atoms with Crippen LogP contribution in [0.25, 0.3) is 0 Å². The van der Waals surface area contributed by atoms with E-state index in [-0.39, 0.29) is 23.9 Å². The van der Waals surface area contributed by atoms with Crippen molar-refractivity contribution in [1.82, 2.24) is 19.8 Å². The number of hydrogen-bond donors (Lipinski definition) is 1. The van der Waals surface area contributed by atoms with E-state index in [0.29, 0.717) is 36.2 Å². The highest BCUT2D eigenvalue weighted by Gasteiger charge is 2.34. The highest BCUT2D eigenvalue weighted by Crippen LogP contribution is 2.22. The zero-order valence-electron chi connectivity index (χ0n) is 16.2. The first kappa shape index (κ1) is 19.9. The standard InChI is InChI=1S/C21H26N4O3/c1-2-10-22-11-5-9-18-21(28)24(15-12-23-18)13-6-14-25-19(26)16-7-3-4-8-17(16)20(25)27/h3-4,7-8,12,15,22H,2,5-6,9-11,13-14H2,1H3. The van der Waals surface area contributed by atoms with E-state index < -0.39 is 0 Å². The molecule has 0 unspecified atom stereocenters. The number of fused-ring (bicyclic) bond motifs is 1. The van der Waals surface area contributed by atoms with Gasteiger partial charge in [-0.2, -0.15) is 0 Å². The molecule has 2 amide bonds. The minimum Gasteiger partial charge on any atom is -0.317 e. The molecule has 1 aliphatic rings. The molecule has 7 nitrogen and oxygen atoms in total. The fourth-order valence-corrected chi connectivity index (χ4v) is 3.36. The van der Waals surface area contributed by atoms with E-state index >= 15 is 0 Å². The lowest BCUT2D eigenvalue weighted by Crippen LogP contribution is -2.32. The summed E-state index contributed by atoms with van der Waals surface area (Å²) in [4.78, 5) is 42.8. The molecule has 148 valence electrons. The summed E-state index contributed by atoms with van der Waals surface area (Å²) >= 11 is 0. The lowest BCUT2D eigenvalue weighted by Gasteiger charge is -2.14. The van der Waals surface area contributed by atoms with Gasteiger partial charge in [0.15, 0.2) is 0 Å². The van der Waals surface area contributed by atoms with E-state index in [1.54, 1.807) is 41.2 Å². The third-order valence-corrected chi connectivity index (χ3v) is 4.84. The molecule has 1 N–H and O–H groups in total. The molecular weight excluding hydrogens is 356 g/mol. The second-order valence-corrected chi connectivity index (χ2v) is 6.89. The van der Waals surface area contributed by atoms with Crippen LogP contribution in [0, 0.1) is 0 Å². The van der Waals surface area contributed by atoms with Gasteiger partial charge in [0, 0.05) is 25.5 Å². The van der Waals surface area contributed by atoms with Gasteiger partial charge in [-0.25, -0.2) is 0 Å². The van der Waals surface area contributed by atoms with Gasteiger partial charge < -0.3 is 9.88 Å². The Labute approximate surface area is 164 Å². The van der Waals surface area contributed by atoms with Gasteiger partial charge in [0.25, 0.3) is 17.4 Å². The lowest BCUT2D eigenvalue weighted by atomic mass is 10.1. The molecule has 0 bridgehead atoms. The monoisotopic (exact) mass is 382 g/mol. The molecule has 0 fully saturated rings. The van der Waals surface area contributed by atoms with E-state index in [9.17, 15) is 14.4 Å². The Morgan fingerprint density at radius 1 is 0.964 bits per heavy atom. The molecule has 2 heterocycles. The van der Waals surface area contributed by atoms with Gasteiger partial charge in [-0.1, -0.05) is 19.1 Å². The lowest BCUT2D eigenvalue weighted by molar-refractivity contribution is 0.0650. The van der Waals surface area contributed by atoms with Crippen LogP contribution in [-0.2, 0) is 13.0 Å². The Hall–Kier alpha value is -2.80. The maximum Gasteiger partial charge on any atom is 0.272 e. The third kappa shape index (κ3) is 4.36. The fraction of sp³-hybridized carbons (Fsp3) is 0.429. The summed E-state index contributed by atoms with van der Waals surface area (Å²) in [6, 6.07) is 6.85. The van der Waals surface area contributed by atoms with Crippen LogP contribution in [0.3, 0.4) is 0 Å². The SMILES string of the molecule is CCCNCCCc1nccn(CCCN2C(=O)c3ccccc3C2=O)c1=O. The topological polar surface area (TPSA) is 84.3 Å². The molecule has 1 aliphatic heterocycles. The minimum atomic E-state index is -0.261. The van der Waals surface area contributed by atoms with Crippen LogP contribution in [0.1, 0.15) is 52.6 Å². The highest BCUT2D eigenvalue weighted by molar-refractivity contribution is 6.21. The van der Waals surface area contributed by atoms with Gasteiger partial charge in [0.05, 0.1) is 11.1 Å². The van der Waals surface area contributed by atoms with E-state index in [2.05, 4.69) is 17.2 Å². The van der Waals surface area contributed by atoms with Crippen LogP contribution < -0.4 is 10.9 Å². The Bertz CT molecular complexity index is 872. The van der Waals surface area contributed by atoms with E-state index in [0.717, 1.165) is 25.9 Å². The summed E-state index contributed by atoms with van der Waals surface area (Å²) in [7, 11) is 0. The number of imide groups is 1. The normalized spacial score (nSPS) is 13.2. The molecule has 0 atom stereocenters. The van der Waals surface area contributed by atoms with Crippen LogP contribution in [0.4, 0.5) is 0 Å². The first-order chi connectivity index (χ1) is 13.6. The summed E-state index contributed by atoms with van der Waals surface area (Å²) in [5.41, 5.74) is 1.36. The van der Waals surface area contributed by atoms with Crippen LogP contribution in [-0.4, -0.2) is 45.9 Å². The first-order valence-corrected chi connectivity index (χ1v) is 9.83. The van der Waals surface area contributed by atoms with Crippen LogP contribution in [0.5, 0.6) is 0 Å². The summed E-state index contributed by atoms with van der Waals surface area (Å²) in [6.45, 7) is 4.69. The van der Waals surface area contributed by atoms with Crippen molar-refractivity contribution < 1.29 is 9.59 Å². The Kier molecular flexibility index (Phi) is 6.71. The second kappa shape index (κ2) is 9.41.